The van der Waals surface area contributed by atoms with Gasteiger partial charge in [0.15, 0.2) is 6.10 Å². The van der Waals surface area contributed by atoms with E-state index in [2.05, 4.69) is 9.46 Å². The highest BCUT2D eigenvalue weighted by atomic mass is 32.2. The molecule has 6 nitrogen and oxygen atoms in total. The van der Waals surface area contributed by atoms with Crippen molar-refractivity contribution in [3.63, 3.8) is 0 Å². The number of hydrogen-bond acceptors (Lipinski definition) is 4. The second kappa shape index (κ2) is 5.76. The molecule has 1 unspecified atom stereocenters. The third-order valence-electron chi connectivity index (χ3n) is 2.07. The van der Waals surface area contributed by atoms with Gasteiger partial charge in [0.25, 0.3) is 0 Å². The Morgan fingerprint density at radius 3 is 2.47 bits per heavy atom. The van der Waals surface area contributed by atoms with Crippen LogP contribution in [0.5, 0.6) is 0 Å². The molecular formula is C10H13NO5S. The Kier molecular flexibility index (Phi) is 4.62. The smallest absolute Gasteiger partial charge is 0.334 e. The highest BCUT2D eigenvalue weighted by Gasteiger charge is 2.20. The van der Waals surface area contributed by atoms with Crippen LogP contribution in [0.15, 0.2) is 35.2 Å². The Morgan fingerprint density at radius 2 is 2.00 bits per heavy atom. The summed E-state index contributed by atoms with van der Waals surface area (Å²) in [4.78, 5) is 10.7. The molecule has 0 aliphatic carbocycles. The van der Waals surface area contributed by atoms with E-state index in [-0.39, 0.29) is 11.4 Å². The number of ether oxygens (including phenoxy) is 1. The van der Waals surface area contributed by atoms with Crippen molar-refractivity contribution in [3.05, 3.63) is 30.3 Å². The van der Waals surface area contributed by atoms with Crippen LogP contribution in [0.1, 0.15) is 0 Å². The number of rotatable bonds is 6. The van der Waals surface area contributed by atoms with Crippen molar-refractivity contribution in [3.8, 4) is 0 Å². The Labute approximate surface area is 99.3 Å². The van der Waals surface area contributed by atoms with Crippen LogP contribution < -0.4 is 4.72 Å². The molecule has 0 aliphatic heterocycles. The molecule has 0 aliphatic rings. The molecule has 7 heteroatoms. The molecular weight excluding hydrogens is 246 g/mol. The molecule has 0 heterocycles. The summed E-state index contributed by atoms with van der Waals surface area (Å²) in [5.41, 5.74) is 0. The minimum atomic E-state index is -3.69. The lowest BCUT2D eigenvalue weighted by Crippen LogP contribution is -2.37. The van der Waals surface area contributed by atoms with Crippen LogP contribution >= 0.6 is 0 Å². The molecule has 0 spiro atoms. The molecule has 2 N–H and O–H groups in total. The Balaban J connectivity index is 2.72. The molecule has 0 bridgehead atoms. The lowest BCUT2D eigenvalue weighted by Gasteiger charge is -2.11. The largest absolute Gasteiger partial charge is 0.479 e. The second-order valence-corrected chi connectivity index (χ2v) is 4.99. The van der Waals surface area contributed by atoms with Crippen LogP contribution in [0.4, 0.5) is 0 Å². The Hall–Kier alpha value is -1.44. The van der Waals surface area contributed by atoms with Crippen LogP contribution in [0.2, 0.25) is 0 Å². The van der Waals surface area contributed by atoms with Gasteiger partial charge in [0.05, 0.1) is 4.90 Å². The first-order valence-electron chi connectivity index (χ1n) is 4.77. The van der Waals surface area contributed by atoms with E-state index in [0.29, 0.717) is 0 Å². The summed E-state index contributed by atoms with van der Waals surface area (Å²) in [7, 11) is -2.49. The first kappa shape index (κ1) is 13.6. The lowest BCUT2D eigenvalue weighted by molar-refractivity contribution is -0.147. The average Bonchev–Trinajstić information content (AvgIpc) is 2.30. The van der Waals surface area contributed by atoms with Gasteiger partial charge in [-0.2, -0.15) is 0 Å². The van der Waals surface area contributed by atoms with Crippen molar-refractivity contribution in [2.75, 3.05) is 13.7 Å². The fourth-order valence-corrected chi connectivity index (χ4v) is 2.19. The number of hydrogen-bond donors (Lipinski definition) is 2. The number of aliphatic carboxylic acids is 1. The predicted molar refractivity (Wildman–Crippen MR) is 60.1 cm³/mol. The van der Waals surface area contributed by atoms with E-state index in [1.165, 1.54) is 19.2 Å². The van der Waals surface area contributed by atoms with Gasteiger partial charge in [-0.3, -0.25) is 0 Å². The first-order valence-corrected chi connectivity index (χ1v) is 6.26. The summed E-state index contributed by atoms with van der Waals surface area (Å²) < 4.78 is 30.2. The minimum absolute atomic E-state index is 0.0836. The Morgan fingerprint density at radius 1 is 1.41 bits per heavy atom. The van der Waals surface area contributed by atoms with E-state index in [1.54, 1.807) is 18.2 Å². The number of carbonyl (C=O) groups is 1. The topological polar surface area (TPSA) is 92.7 Å². The van der Waals surface area contributed by atoms with Crippen LogP contribution in [-0.4, -0.2) is 39.3 Å². The number of nitrogens with one attached hydrogen (secondary N) is 1. The average molecular weight is 259 g/mol. The molecule has 94 valence electrons. The third-order valence-corrected chi connectivity index (χ3v) is 3.51. The van der Waals surface area contributed by atoms with Gasteiger partial charge in [0.2, 0.25) is 10.0 Å². The molecule has 1 atom stereocenters. The zero-order valence-corrected chi connectivity index (χ0v) is 9.98. The van der Waals surface area contributed by atoms with E-state index >= 15 is 0 Å². The summed E-state index contributed by atoms with van der Waals surface area (Å²) >= 11 is 0. The lowest BCUT2D eigenvalue weighted by atomic mass is 10.4. The van der Waals surface area contributed by atoms with Gasteiger partial charge in [-0.25, -0.2) is 17.9 Å². The van der Waals surface area contributed by atoms with Crippen LogP contribution in [-0.2, 0) is 19.6 Å². The molecule has 0 saturated carbocycles. The molecule has 0 amide bonds. The fourth-order valence-electron chi connectivity index (χ4n) is 1.14. The minimum Gasteiger partial charge on any atom is -0.479 e. The normalized spacial score (nSPS) is 13.2. The quantitative estimate of drug-likeness (QED) is 0.754. The molecule has 0 radical (unpaired) electrons. The van der Waals surface area contributed by atoms with Gasteiger partial charge in [0.1, 0.15) is 0 Å². The maximum Gasteiger partial charge on any atom is 0.334 e. The van der Waals surface area contributed by atoms with Crippen molar-refractivity contribution in [1.29, 1.82) is 0 Å². The van der Waals surface area contributed by atoms with Gasteiger partial charge in [-0.15, -0.1) is 0 Å². The molecule has 0 saturated heterocycles. The monoisotopic (exact) mass is 259 g/mol. The van der Waals surface area contributed by atoms with Gasteiger partial charge >= 0.3 is 5.97 Å². The van der Waals surface area contributed by atoms with E-state index in [4.69, 9.17) is 5.11 Å². The molecule has 0 fully saturated rings. The summed E-state index contributed by atoms with van der Waals surface area (Å²) in [6, 6.07) is 7.70. The van der Waals surface area contributed by atoms with Gasteiger partial charge < -0.3 is 9.84 Å². The SMILES string of the molecule is COC(CNS(=O)(=O)c1ccccc1)C(=O)O. The molecule has 1 aromatic rings. The van der Waals surface area contributed by atoms with Crippen LogP contribution in [0.3, 0.4) is 0 Å². The summed E-state index contributed by atoms with van der Waals surface area (Å²) in [5.74, 6) is -1.22. The van der Waals surface area contributed by atoms with Crippen molar-refractivity contribution in [1.82, 2.24) is 4.72 Å². The summed E-state index contributed by atoms with van der Waals surface area (Å²) in [6.07, 6.45) is -1.20. The van der Waals surface area contributed by atoms with Gasteiger partial charge in [0, 0.05) is 13.7 Å². The number of sulfonamides is 1. The third kappa shape index (κ3) is 3.81. The molecule has 17 heavy (non-hydrogen) atoms. The molecule has 1 rings (SSSR count). The summed E-state index contributed by atoms with van der Waals surface area (Å²) in [6.45, 7) is -0.316. The highest BCUT2D eigenvalue weighted by molar-refractivity contribution is 7.89. The zero-order chi connectivity index (χ0) is 12.9. The van der Waals surface area contributed by atoms with E-state index in [0.717, 1.165) is 0 Å². The number of methoxy groups -OCH3 is 1. The van der Waals surface area contributed by atoms with Crippen LogP contribution in [0, 0.1) is 0 Å². The molecule has 1 aromatic carbocycles. The van der Waals surface area contributed by atoms with E-state index in [1.807, 2.05) is 0 Å². The fraction of sp³-hybridized carbons (Fsp3) is 0.300. The molecule has 0 aromatic heterocycles. The zero-order valence-electron chi connectivity index (χ0n) is 9.16. The number of carboxylic acids is 1. The van der Waals surface area contributed by atoms with Crippen molar-refractivity contribution >= 4 is 16.0 Å². The number of benzene rings is 1. The summed E-state index contributed by atoms with van der Waals surface area (Å²) in [5, 5.41) is 8.68. The van der Waals surface area contributed by atoms with Crippen molar-refractivity contribution in [2.45, 2.75) is 11.0 Å². The first-order chi connectivity index (χ1) is 7.97. The second-order valence-electron chi connectivity index (χ2n) is 3.23. The number of carboxylic acid groups (broad SMARTS) is 1. The standard InChI is InChI=1S/C10H13NO5S/c1-16-9(10(12)13)7-11-17(14,15)8-5-3-2-4-6-8/h2-6,9,11H,7H2,1H3,(H,12,13). The van der Waals surface area contributed by atoms with Crippen LogP contribution in [0.25, 0.3) is 0 Å². The van der Waals surface area contributed by atoms with Crippen molar-refractivity contribution < 1.29 is 23.1 Å². The van der Waals surface area contributed by atoms with E-state index in [9.17, 15) is 13.2 Å². The maximum atomic E-state index is 11.7. The van der Waals surface area contributed by atoms with E-state index < -0.39 is 22.1 Å². The predicted octanol–water partition coefficient (Wildman–Crippen LogP) is 0.0645. The highest BCUT2D eigenvalue weighted by Crippen LogP contribution is 2.07. The van der Waals surface area contributed by atoms with Gasteiger partial charge in [-0.1, -0.05) is 18.2 Å². The Bertz CT molecular complexity index is 471. The van der Waals surface area contributed by atoms with Crippen molar-refractivity contribution in [2.24, 2.45) is 0 Å². The van der Waals surface area contributed by atoms with Gasteiger partial charge in [-0.05, 0) is 12.1 Å². The maximum absolute atomic E-state index is 11.7.